The van der Waals surface area contributed by atoms with E-state index >= 15 is 0 Å². The molecule has 0 aliphatic rings. The van der Waals surface area contributed by atoms with E-state index in [4.69, 9.17) is 14.6 Å². The molecular formula is C20H24O4. The van der Waals surface area contributed by atoms with E-state index in [1.54, 1.807) is 0 Å². The number of carboxylic acid groups (broad SMARTS) is 1. The van der Waals surface area contributed by atoms with Gasteiger partial charge in [0, 0.05) is 6.42 Å². The van der Waals surface area contributed by atoms with Crippen molar-refractivity contribution in [3.8, 4) is 11.5 Å². The summed E-state index contributed by atoms with van der Waals surface area (Å²) in [6, 6.07) is 11.7. The molecule has 0 aliphatic heterocycles. The van der Waals surface area contributed by atoms with Crippen LogP contribution < -0.4 is 9.47 Å². The minimum Gasteiger partial charge on any atom is -0.490 e. The molecule has 4 nitrogen and oxygen atoms in total. The van der Waals surface area contributed by atoms with E-state index in [0.717, 1.165) is 22.6 Å². The lowest BCUT2D eigenvalue weighted by atomic mass is 10.1. The van der Waals surface area contributed by atoms with Crippen molar-refractivity contribution in [1.82, 2.24) is 0 Å². The minimum absolute atomic E-state index is 0.142. The normalized spacial score (nSPS) is 10.5. The van der Waals surface area contributed by atoms with Crippen molar-refractivity contribution in [2.45, 2.75) is 33.6 Å². The van der Waals surface area contributed by atoms with Gasteiger partial charge in [-0.15, -0.1) is 0 Å². The molecule has 2 rings (SSSR count). The fourth-order valence-corrected chi connectivity index (χ4v) is 2.47. The zero-order chi connectivity index (χ0) is 17.5. The molecule has 0 fully saturated rings. The molecule has 0 aliphatic carbocycles. The summed E-state index contributed by atoms with van der Waals surface area (Å²) in [5.74, 6) is 0.879. The minimum atomic E-state index is -0.783. The SMILES string of the molecule is Cc1cc(C)c(C)c(OCCOc2ccc(CCC(=O)O)cc2)c1. The van der Waals surface area contributed by atoms with Crippen molar-refractivity contribution in [1.29, 1.82) is 0 Å². The molecular weight excluding hydrogens is 304 g/mol. The largest absolute Gasteiger partial charge is 0.490 e. The van der Waals surface area contributed by atoms with E-state index in [-0.39, 0.29) is 6.42 Å². The quantitative estimate of drug-likeness (QED) is 0.742. The van der Waals surface area contributed by atoms with Crippen LogP contribution in [0, 0.1) is 20.8 Å². The summed E-state index contributed by atoms with van der Waals surface area (Å²) in [4.78, 5) is 10.6. The zero-order valence-electron chi connectivity index (χ0n) is 14.5. The van der Waals surface area contributed by atoms with Crippen LogP contribution in [0.4, 0.5) is 0 Å². The summed E-state index contributed by atoms with van der Waals surface area (Å²) < 4.78 is 11.5. The molecule has 4 heteroatoms. The average Bonchev–Trinajstić information content (AvgIpc) is 2.55. The highest BCUT2D eigenvalue weighted by atomic mass is 16.5. The van der Waals surface area contributed by atoms with Crippen LogP contribution in [0.15, 0.2) is 36.4 Å². The predicted octanol–water partition coefficient (Wildman–Crippen LogP) is 4.09. The van der Waals surface area contributed by atoms with Crippen LogP contribution in [-0.4, -0.2) is 24.3 Å². The van der Waals surface area contributed by atoms with E-state index in [2.05, 4.69) is 26.8 Å². The number of rotatable bonds is 8. The summed E-state index contributed by atoms with van der Waals surface area (Å²) >= 11 is 0. The molecule has 2 aromatic rings. The second-order valence-electron chi connectivity index (χ2n) is 5.94. The molecule has 0 saturated carbocycles. The third kappa shape index (κ3) is 5.30. The summed E-state index contributed by atoms with van der Waals surface area (Å²) in [6.07, 6.45) is 0.675. The first-order valence-electron chi connectivity index (χ1n) is 8.10. The first-order valence-corrected chi connectivity index (χ1v) is 8.10. The molecule has 1 N–H and O–H groups in total. The molecule has 128 valence electrons. The van der Waals surface area contributed by atoms with E-state index in [9.17, 15) is 4.79 Å². The van der Waals surface area contributed by atoms with Gasteiger partial charge < -0.3 is 14.6 Å². The van der Waals surface area contributed by atoms with Crippen LogP contribution in [0.5, 0.6) is 11.5 Å². The fraction of sp³-hybridized carbons (Fsp3) is 0.350. The van der Waals surface area contributed by atoms with E-state index in [0.29, 0.717) is 19.6 Å². The fourth-order valence-electron chi connectivity index (χ4n) is 2.47. The average molecular weight is 328 g/mol. The van der Waals surface area contributed by atoms with Crippen molar-refractivity contribution >= 4 is 5.97 Å². The van der Waals surface area contributed by atoms with Crippen LogP contribution in [0.25, 0.3) is 0 Å². The third-order valence-electron chi connectivity index (χ3n) is 3.92. The van der Waals surface area contributed by atoms with Crippen LogP contribution in [0.1, 0.15) is 28.7 Å². The molecule has 2 aromatic carbocycles. The molecule has 0 amide bonds. The van der Waals surface area contributed by atoms with Gasteiger partial charge in [0.25, 0.3) is 0 Å². The highest BCUT2D eigenvalue weighted by molar-refractivity contribution is 5.67. The van der Waals surface area contributed by atoms with Gasteiger partial charge in [-0.25, -0.2) is 0 Å². The predicted molar refractivity (Wildman–Crippen MR) is 94.0 cm³/mol. The molecule has 24 heavy (non-hydrogen) atoms. The topological polar surface area (TPSA) is 55.8 Å². The van der Waals surface area contributed by atoms with Gasteiger partial charge in [0.15, 0.2) is 0 Å². The number of carbonyl (C=O) groups is 1. The summed E-state index contributed by atoms with van der Waals surface area (Å²) in [5, 5.41) is 8.68. The number of hydrogen-bond acceptors (Lipinski definition) is 3. The van der Waals surface area contributed by atoms with Crippen molar-refractivity contribution in [3.63, 3.8) is 0 Å². The Kier molecular flexibility index (Phi) is 6.24. The van der Waals surface area contributed by atoms with Crippen LogP contribution in [0.2, 0.25) is 0 Å². The van der Waals surface area contributed by atoms with Gasteiger partial charge in [0.05, 0.1) is 0 Å². The molecule has 0 spiro atoms. The lowest BCUT2D eigenvalue weighted by molar-refractivity contribution is -0.136. The summed E-state index contributed by atoms with van der Waals surface area (Å²) in [7, 11) is 0. The Morgan fingerprint density at radius 1 is 1.00 bits per heavy atom. The van der Waals surface area contributed by atoms with Gasteiger partial charge in [0.2, 0.25) is 0 Å². The highest BCUT2D eigenvalue weighted by Crippen LogP contribution is 2.23. The van der Waals surface area contributed by atoms with E-state index in [1.807, 2.05) is 30.3 Å². The highest BCUT2D eigenvalue weighted by Gasteiger charge is 2.04. The molecule has 0 bridgehead atoms. The lowest BCUT2D eigenvalue weighted by Crippen LogP contribution is -2.10. The number of ether oxygens (including phenoxy) is 2. The third-order valence-corrected chi connectivity index (χ3v) is 3.92. The maximum atomic E-state index is 10.6. The summed E-state index contributed by atoms with van der Waals surface area (Å²) in [6.45, 7) is 7.13. The van der Waals surface area contributed by atoms with E-state index in [1.165, 1.54) is 11.1 Å². The number of aryl methyl sites for hydroxylation is 3. The zero-order valence-corrected chi connectivity index (χ0v) is 14.5. The first-order chi connectivity index (χ1) is 11.5. The number of carboxylic acids is 1. The molecule has 0 saturated heterocycles. The Bertz CT molecular complexity index is 690. The van der Waals surface area contributed by atoms with Crippen LogP contribution >= 0.6 is 0 Å². The Balaban J connectivity index is 1.79. The second-order valence-corrected chi connectivity index (χ2v) is 5.94. The van der Waals surface area contributed by atoms with Crippen molar-refractivity contribution in [2.75, 3.05) is 13.2 Å². The van der Waals surface area contributed by atoms with Gasteiger partial charge in [-0.05, 0) is 67.6 Å². The number of aliphatic carboxylic acids is 1. The van der Waals surface area contributed by atoms with Gasteiger partial charge in [-0.2, -0.15) is 0 Å². The smallest absolute Gasteiger partial charge is 0.303 e. The molecule has 0 unspecified atom stereocenters. The monoisotopic (exact) mass is 328 g/mol. The van der Waals surface area contributed by atoms with Crippen molar-refractivity contribution in [3.05, 3.63) is 58.7 Å². The van der Waals surface area contributed by atoms with Crippen LogP contribution in [0.3, 0.4) is 0 Å². The Hall–Kier alpha value is -2.49. The van der Waals surface area contributed by atoms with Gasteiger partial charge in [0.1, 0.15) is 24.7 Å². The van der Waals surface area contributed by atoms with E-state index < -0.39 is 5.97 Å². The number of benzene rings is 2. The van der Waals surface area contributed by atoms with Crippen LogP contribution in [-0.2, 0) is 11.2 Å². The Morgan fingerprint density at radius 2 is 1.67 bits per heavy atom. The van der Waals surface area contributed by atoms with Gasteiger partial charge in [-0.1, -0.05) is 18.2 Å². The number of hydrogen-bond donors (Lipinski definition) is 1. The summed E-state index contributed by atoms with van der Waals surface area (Å²) in [5.41, 5.74) is 4.56. The molecule has 0 atom stereocenters. The Morgan fingerprint density at radius 3 is 2.33 bits per heavy atom. The maximum absolute atomic E-state index is 10.6. The first kappa shape index (κ1) is 17.9. The second kappa shape index (κ2) is 8.39. The lowest BCUT2D eigenvalue weighted by Gasteiger charge is -2.13. The van der Waals surface area contributed by atoms with Crippen molar-refractivity contribution in [2.24, 2.45) is 0 Å². The maximum Gasteiger partial charge on any atom is 0.303 e. The van der Waals surface area contributed by atoms with Gasteiger partial charge in [-0.3, -0.25) is 4.79 Å². The standard InChI is InChI=1S/C20H24O4/c1-14-12-15(2)16(3)19(13-14)24-11-10-23-18-7-4-17(5-8-18)6-9-20(21)22/h4-5,7-8,12-13H,6,9-11H2,1-3H3,(H,21,22). The van der Waals surface area contributed by atoms with Crippen molar-refractivity contribution < 1.29 is 19.4 Å². The van der Waals surface area contributed by atoms with Gasteiger partial charge >= 0.3 is 5.97 Å². The molecule has 0 radical (unpaired) electrons. The Labute approximate surface area is 143 Å². The molecule has 0 heterocycles. The molecule has 0 aromatic heterocycles.